The van der Waals surface area contributed by atoms with Gasteiger partial charge in [0.15, 0.2) is 0 Å². The number of aromatic nitrogens is 1. The van der Waals surface area contributed by atoms with Crippen molar-refractivity contribution in [2.24, 2.45) is 0 Å². The van der Waals surface area contributed by atoms with Crippen LogP contribution in [0.1, 0.15) is 32.2 Å². The van der Waals surface area contributed by atoms with E-state index >= 15 is 0 Å². The van der Waals surface area contributed by atoms with Crippen molar-refractivity contribution in [2.75, 3.05) is 13.7 Å². The predicted molar refractivity (Wildman–Crippen MR) is 73.6 cm³/mol. The van der Waals surface area contributed by atoms with E-state index in [1.807, 2.05) is 0 Å². The lowest BCUT2D eigenvalue weighted by Gasteiger charge is -2.13. The number of methoxy groups -OCH3 is 1. The van der Waals surface area contributed by atoms with Gasteiger partial charge in [0.2, 0.25) is 0 Å². The van der Waals surface area contributed by atoms with Crippen LogP contribution in [0.15, 0.2) is 22.8 Å². The highest BCUT2D eigenvalue weighted by Crippen LogP contribution is 2.20. The smallest absolute Gasteiger partial charge is 0.263 e. The average Bonchev–Trinajstić information content (AvgIpc) is 3.06. The number of amides is 1. The normalized spacial score (nSPS) is 12.3. The molecule has 1 amide bonds. The van der Waals surface area contributed by atoms with Crippen LogP contribution in [0.3, 0.4) is 0 Å². The second kappa shape index (κ2) is 6.65. The molecule has 7 heteroatoms. The Hall–Kier alpha value is -1.70. The second-order valence-electron chi connectivity index (χ2n) is 4.18. The summed E-state index contributed by atoms with van der Waals surface area (Å²) in [5.74, 6) is 0.234. The first-order chi connectivity index (χ1) is 9.65. The number of aliphatic hydroxyl groups excluding tert-OH is 1. The van der Waals surface area contributed by atoms with Crippen molar-refractivity contribution in [3.8, 4) is 0 Å². The fourth-order valence-electron chi connectivity index (χ4n) is 1.77. The molecule has 0 fully saturated rings. The first-order valence-corrected chi connectivity index (χ1v) is 6.87. The van der Waals surface area contributed by atoms with Gasteiger partial charge in [-0.05, 0) is 19.1 Å². The minimum atomic E-state index is -0.565. The molecule has 1 unspecified atom stereocenters. The first-order valence-electron chi connectivity index (χ1n) is 6.06. The number of carbonyl (C=O) groups is 1. The number of ether oxygens (including phenoxy) is 1. The van der Waals surface area contributed by atoms with Gasteiger partial charge in [-0.3, -0.25) is 4.79 Å². The summed E-state index contributed by atoms with van der Waals surface area (Å²) >= 11 is 1.28. The Morgan fingerprint density at radius 2 is 2.45 bits per heavy atom. The number of nitrogens with zero attached hydrogens (tertiary/aromatic N) is 1. The molecule has 2 N–H and O–H groups in total. The van der Waals surface area contributed by atoms with Gasteiger partial charge in [-0.15, -0.1) is 11.3 Å². The third kappa shape index (κ3) is 3.24. The third-order valence-corrected chi connectivity index (χ3v) is 3.82. The maximum absolute atomic E-state index is 12.2. The number of hydrogen-bond acceptors (Lipinski definition) is 6. The van der Waals surface area contributed by atoms with Gasteiger partial charge >= 0.3 is 0 Å². The molecular weight excluding hydrogens is 280 g/mol. The van der Waals surface area contributed by atoms with Crippen molar-refractivity contribution < 1.29 is 19.1 Å². The standard InChI is InChI=1S/C13H16N2O4S/c1-8-12(20-11(14-8)7-18-2)13(17)15-9(6-16)10-4-3-5-19-10/h3-5,9,16H,6-7H2,1-2H3,(H,15,17). The Labute approximate surface area is 120 Å². The molecule has 1 atom stereocenters. The summed E-state index contributed by atoms with van der Waals surface area (Å²) in [6.45, 7) is 1.91. The van der Waals surface area contributed by atoms with Crippen molar-refractivity contribution in [1.29, 1.82) is 0 Å². The Balaban J connectivity index is 2.11. The molecule has 0 bridgehead atoms. The molecule has 0 aromatic carbocycles. The topological polar surface area (TPSA) is 84.6 Å². The zero-order chi connectivity index (χ0) is 14.5. The lowest BCUT2D eigenvalue weighted by Crippen LogP contribution is -2.30. The largest absolute Gasteiger partial charge is 0.467 e. The minimum Gasteiger partial charge on any atom is -0.467 e. The van der Waals surface area contributed by atoms with E-state index in [0.717, 1.165) is 5.01 Å². The Kier molecular flexibility index (Phi) is 4.89. The monoisotopic (exact) mass is 296 g/mol. The van der Waals surface area contributed by atoms with Crippen LogP contribution in [0.5, 0.6) is 0 Å². The highest BCUT2D eigenvalue weighted by Gasteiger charge is 2.21. The molecule has 2 aromatic rings. The van der Waals surface area contributed by atoms with Crippen LogP contribution in [0, 0.1) is 6.92 Å². The van der Waals surface area contributed by atoms with E-state index in [-0.39, 0.29) is 12.5 Å². The first kappa shape index (κ1) is 14.7. The van der Waals surface area contributed by atoms with E-state index in [1.54, 1.807) is 26.2 Å². The average molecular weight is 296 g/mol. The quantitative estimate of drug-likeness (QED) is 0.846. The molecule has 0 radical (unpaired) electrons. The Morgan fingerprint density at radius 1 is 1.65 bits per heavy atom. The van der Waals surface area contributed by atoms with E-state index < -0.39 is 6.04 Å². The molecule has 0 spiro atoms. The van der Waals surface area contributed by atoms with Crippen LogP contribution in [0.4, 0.5) is 0 Å². The highest BCUT2D eigenvalue weighted by molar-refractivity contribution is 7.13. The molecule has 2 rings (SSSR count). The van der Waals surface area contributed by atoms with Crippen molar-refractivity contribution in [3.63, 3.8) is 0 Å². The van der Waals surface area contributed by atoms with Crippen molar-refractivity contribution in [3.05, 3.63) is 39.7 Å². The summed E-state index contributed by atoms with van der Waals surface area (Å²) in [7, 11) is 1.58. The van der Waals surface area contributed by atoms with Crippen molar-refractivity contribution >= 4 is 17.2 Å². The summed E-state index contributed by atoms with van der Waals surface area (Å²) < 4.78 is 10.2. The van der Waals surface area contributed by atoms with Crippen LogP contribution in [-0.4, -0.2) is 29.7 Å². The predicted octanol–water partition coefficient (Wildman–Crippen LogP) is 1.65. The number of aliphatic hydroxyl groups is 1. The second-order valence-corrected chi connectivity index (χ2v) is 5.26. The van der Waals surface area contributed by atoms with Gasteiger partial charge in [0, 0.05) is 7.11 Å². The zero-order valence-corrected chi connectivity index (χ0v) is 12.1. The maximum Gasteiger partial charge on any atom is 0.263 e. The van der Waals surface area contributed by atoms with E-state index in [4.69, 9.17) is 9.15 Å². The summed E-state index contributed by atoms with van der Waals surface area (Å²) in [4.78, 5) is 17.0. The maximum atomic E-state index is 12.2. The molecular formula is C13H16N2O4S. The molecule has 20 heavy (non-hydrogen) atoms. The molecule has 6 nitrogen and oxygen atoms in total. The van der Waals surface area contributed by atoms with Crippen LogP contribution < -0.4 is 5.32 Å². The van der Waals surface area contributed by atoms with E-state index in [1.165, 1.54) is 17.6 Å². The number of nitrogens with one attached hydrogen (secondary N) is 1. The Bertz CT molecular complexity index is 565. The molecule has 0 aliphatic rings. The van der Waals surface area contributed by atoms with Crippen LogP contribution in [0.2, 0.25) is 0 Å². The van der Waals surface area contributed by atoms with Gasteiger partial charge in [-0.25, -0.2) is 4.98 Å². The molecule has 0 aliphatic heterocycles. The number of carbonyl (C=O) groups excluding carboxylic acids is 1. The number of furan rings is 1. The molecule has 0 saturated heterocycles. The van der Waals surface area contributed by atoms with Crippen LogP contribution in [-0.2, 0) is 11.3 Å². The van der Waals surface area contributed by atoms with E-state index in [2.05, 4.69) is 10.3 Å². The minimum absolute atomic E-state index is 0.234. The lowest BCUT2D eigenvalue weighted by molar-refractivity contribution is 0.0910. The van der Waals surface area contributed by atoms with Crippen LogP contribution in [0.25, 0.3) is 0 Å². The number of hydrogen-bond donors (Lipinski definition) is 2. The summed E-state index contributed by atoms with van der Waals surface area (Å²) in [6.07, 6.45) is 1.50. The van der Waals surface area contributed by atoms with Gasteiger partial charge in [0.1, 0.15) is 21.7 Å². The number of rotatable bonds is 6. The van der Waals surface area contributed by atoms with Crippen molar-refractivity contribution in [1.82, 2.24) is 10.3 Å². The highest BCUT2D eigenvalue weighted by atomic mass is 32.1. The number of aryl methyl sites for hydroxylation is 1. The fourth-order valence-corrected chi connectivity index (χ4v) is 2.71. The summed E-state index contributed by atoms with van der Waals surface area (Å²) in [6, 6.07) is 2.85. The molecule has 0 saturated carbocycles. The molecule has 108 valence electrons. The summed E-state index contributed by atoms with van der Waals surface area (Å²) in [5, 5.41) is 12.8. The number of thiazole rings is 1. The SMILES string of the molecule is COCc1nc(C)c(C(=O)NC(CO)c2ccco2)s1. The van der Waals surface area contributed by atoms with Crippen molar-refractivity contribution in [2.45, 2.75) is 19.6 Å². The zero-order valence-electron chi connectivity index (χ0n) is 11.3. The Morgan fingerprint density at radius 3 is 3.05 bits per heavy atom. The van der Waals surface area contributed by atoms with Crippen LogP contribution >= 0.6 is 11.3 Å². The lowest BCUT2D eigenvalue weighted by atomic mass is 10.2. The molecule has 0 aliphatic carbocycles. The fraction of sp³-hybridized carbons (Fsp3) is 0.385. The van der Waals surface area contributed by atoms with Gasteiger partial charge in [-0.1, -0.05) is 0 Å². The summed E-state index contributed by atoms with van der Waals surface area (Å²) in [5.41, 5.74) is 0.649. The molecule has 2 aromatic heterocycles. The third-order valence-electron chi connectivity index (χ3n) is 2.69. The van der Waals surface area contributed by atoms with Gasteiger partial charge in [-0.2, -0.15) is 0 Å². The van der Waals surface area contributed by atoms with E-state index in [0.29, 0.717) is 22.9 Å². The molecule has 2 heterocycles. The van der Waals surface area contributed by atoms with Gasteiger partial charge < -0.3 is 19.6 Å². The van der Waals surface area contributed by atoms with E-state index in [9.17, 15) is 9.90 Å². The van der Waals surface area contributed by atoms with Gasteiger partial charge in [0.25, 0.3) is 5.91 Å². The van der Waals surface area contributed by atoms with Gasteiger partial charge in [0.05, 0.1) is 25.2 Å².